The smallest absolute Gasteiger partial charge is 0.0400 e. The highest BCUT2D eigenvalue weighted by atomic mass is 14.9. The van der Waals surface area contributed by atoms with Crippen LogP contribution in [0.4, 0.5) is 5.69 Å². The van der Waals surface area contributed by atoms with Crippen molar-refractivity contribution in [3.8, 4) is 0 Å². The van der Waals surface area contributed by atoms with Gasteiger partial charge in [0, 0.05) is 12.2 Å². The maximum atomic E-state index is 3.61. The lowest BCUT2D eigenvalue weighted by Crippen LogP contribution is -2.14. The van der Waals surface area contributed by atoms with Crippen molar-refractivity contribution in [3.63, 3.8) is 0 Å². The van der Waals surface area contributed by atoms with Crippen LogP contribution in [0, 0.1) is 5.92 Å². The Morgan fingerprint density at radius 2 is 1.89 bits per heavy atom. The predicted octanol–water partition coefficient (Wildman–Crippen LogP) is 4.42. The van der Waals surface area contributed by atoms with E-state index in [1.165, 1.54) is 41.6 Å². The van der Waals surface area contributed by atoms with E-state index in [2.05, 4.69) is 60.8 Å². The standard InChI is InChI=1S/C18H21N/c1-14-10-11-16-8-5-9-18(17(16)12-14)19-13-15-6-3-2-4-7-15/h2-9,14,19H,10-13H2,1H3. The molecule has 1 aliphatic rings. The van der Waals surface area contributed by atoms with E-state index in [-0.39, 0.29) is 0 Å². The van der Waals surface area contributed by atoms with Gasteiger partial charge in [-0.1, -0.05) is 49.4 Å². The maximum Gasteiger partial charge on any atom is 0.0400 e. The minimum Gasteiger partial charge on any atom is -0.381 e. The van der Waals surface area contributed by atoms with Gasteiger partial charge in [0.25, 0.3) is 0 Å². The van der Waals surface area contributed by atoms with Crippen molar-refractivity contribution in [2.24, 2.45) is 5.92 Å². The van der Waals surface area contributed by atoms with Crippen LogP contribution in [0.3, 0.4) is 0 Å². The summed E-state index contributed by atoms with van der Waals surface area (Å²) < 4.78 is 0. The second-order valence-electron chi connectivity index (χ2n) is 5.63. The highest BCUT2D eigenvalue weighted by molar-refractivity contribution is 5.56. The van der Waals surface area contributed by atoms with Gasteiger partial charge >= 0.3 is 0 Å². The second-order valence-corrected chi connectivity index (χ2v) is 5.63. The highest BCUT2D eigenvalue weighted by Crippen LogP contribution is 2.30. The number of hydrogen-bond donors (Lipinski definition) is 1. The summed E-state index contributed by atoms with van der Waals surface area (Å²) in [5, 5.41) is 3.61. The lowest BCUT2D eigenvalue weighted by atomic mass is 9.84. The number of benzene rings is 2. The highest BCUT2D eigenvalue weighted by Gasteiger charge is 2.17. The Kier molecular flexibility index (Phi) is 3.54. The van der Waals surface area contributed by atoms with Crippen molar-refractivity contribution in [2.45, 2.75) is 32.7 Å². The first-order chi connectivity index (χ1) is 9.33. The van der Waals surface area contributed by atoms with Crippen LogP contribution in [-0.2, 0) is 19.4 Å². The lowest BCUT2D eigenvalue weighted by molar-refractivity contribution is 0.502. The average Bonchev–Trinajstić information content (AvgIpc) is 2.46. The van der Waals surface area contributed by atoms with Gasteiger partial charge in [0.1, 0.15) is 0 Å². The summed E-state index contributed by atoms with van der Waals surface area (Å²) in [5.41, 5.74) is 5.74. The molecule has 0 amide bonds. The molecule has 1 N–H and O–H groups in total. The molecule has 1 heteroatoms. The Labute approximate surface area is 115 Å². The third-order valence-electron chi connectivity index (χ3n) is 4.06. The van der Waals surface area contributed by atoms with Crippen LogP contribution < -0.4 is 5.32 Å². The number of fused-ring (bicyclic) bond motifs is 1. The van der Waals surface area contributed by atoms with Gasteiger partial charge in [-0.25, -0.2) is 0 Å². The van der Waals surface area contributed by atoms with Gasteiger partial charge < -0.3 is 5.32 Å². The number of aryl methyl sites for hydroxylation is 1. The Balaban J connectivity index is 1.78. The molecule has 3 rings (SSSR count). The molecule has 0 fully saturated rings. The van der Waals surface area contributed by atoms with Crippen molar-refractivity contribution in [2.75, 3.05) is 5.32 Å². The molecule has 2 aromatic rings. The SMILES string of the molecule is CC1CCc2cccc(NCc3ccccc3)c2C1. The zero-order valence-corrected chi connectivity index (χ0v) is 11.5. The fraction of sp³-hybridized carbons (Fsp3) is 0.333. The Morgan fingerprint density at radius 3 is 2.74 bits per heavy atom. The zero-order chi connectivity index (χ0) is 13.1. The summed E-state index contributed by atoms with van der Waals surface area (Å²) in [5.74, 6) is 0.812. The van der Waals surface area contributed by atoms with Gasteiger partial charge in [-0.05, 0) is 47.9 Å². The minimum atomic E-state index is 0.812. The molecule has 0 bridgehead atoms. The molecule has 1 nitrogen and oxygen atoms in total. The van der Waals surface area contributed by atoms with Gasteiger partial charge in [-0.3, -0.25) is 0 Å². The fourth-order valence-electron chi connectivity index (χ4n) is 2.92. The molecular weight excluding hydrogens is 230 g/mol. The summed E-state index contributed by atoms with van der Waals surface area (Å²) in [6.07, 6.45) is 3.78. The molecule has 1 unspecified atom stereocenters. The zero-order valence-electron chi connectivity index (χ0n) is 11.5. The van der Waals surface area contributed by atoms with Gasteiger partial charge in [0.2, 0.25) is 0 Å². The second kappa shape index (κ2) is 5.48. The maximum absolute atomic E-state index is 3.61. The van der Waals surface area contributed by atoms with Crippen LogP contribution in [0.1, 0.15) is 30.0 Å². The summed E-state index contributed by atoms with van der Waals surface area (Å²) in [4.78, 5) is 0. The summed E-state index contributed by atoms with van der Waals surface area (Å²) >= 11 is 0. The third-order valence-corrected chi connectivity index (χ3v) is 4.06. The van der Waals surface area contributed by atoms with Crippen LogP contribution in [0.25, 0.3) is 0 Å². The first kappa shape index (κ1) is 12.3. The molecular formula is C18H21N. The van der Waals surface area contributed by atoms with E-state index < -0.39 is 0 Å². The molecule has 0 aromatic heterocycles. The van der Waals surface area contributed by atoms with Crippen LogP contribution in [0.5, 0.6) is 0 Å². The Hall–Kier alpha value is -1.76. The van der Waals surface area contributed by atoms with Gasteiger partial charge in [-0.2, -0.15) is 0 Å². The van der Waals surface area contributed by atoms with E-state index in [1.807, 2.05) is 0 Å². The number of hydrogen-bond acceptors (Lipinski definition) is 1. The molecule has 19 heavy (non-hydrogen) atoms. The summed E-state index contributed by atoms with van der Waals surface area (Å²) in [6, 6.07) is 17.3. The molecule has 2 aromatic carbocycles. The summed E-state index contributed by atoms with van der Waals surface area (Å²) in [6.45, 7) is 3.27. The van der Waals surface area contributed by atoms with E-state index in [4.69, 9.17) is 0 Å². The number of rotatable bonds is 3. The molecule has 0 heterocycles. The molecule has 0 aliphatic heterocycles. The first-order valence-corrected chi connectivity index (χ1v) is 7.21. The van der Waals surface area contributed by atoms with Crippen LogP contribution >= 0.6 is 0 Å². The Bertz CT molecular complexity index is 545. The largest absolute Gasteiger partial charge is 0.381 e. The lowest BCUT2D eigenvalue weighted by Gasteiger charge is -2.24. The quantitative estimate of drug-likeness (QED) is 0.851. The van der Waals surface area contributed by atoms with Crippen LogP contribution in [-0.4, -0.2) is 0 Å². The molecule has 98 valence electrons. The summed E-state index contributed by atoms with van der Waals surface area (Å²) in [7, 11) is 0. The minimum absolute atomic E-state index is 0.812. The number of nitrogens with one attached hydrogen (secondary N) is 1. The number of anilines is 1. The topological polar surface area (TPSA) is 12.0 Å². The van der Waals surface area contributed by atoms with E-state index in [1.54, 1.807) is 0 Å². The van der Waals surface area contributed by atoms with Gasteiger partial charge in [0.05, 0.1) is 0 Å². The molecule has 0 spiro atoms. The average molecular weight is 251 g/mol. The van der Waals surface area contributed by atoms with Crippen molar-refractivity contribution >= 4 is 5.69 Å². The molecule has 0 radical (unpaired) electrons. The fourth-order valence-corrected chi connectivity index (χ4v) is 2.92. The van der Waals surface area contributed by atoms with E-state index >= 15 is 0 Å². The van der Waals surface area contributed by atoms with Crippen molar-refractivity contribution in [1.82, 2.24) is 0 Å². The molecule has 0 saturated heterocycles. The molecule has 0 saturated carbocycles. The van der Waals surface area contributed by atoms with Crippen LogP contribution in [0.2, 0.25) is 0 Å². The van der Waals surface area contributed by atoms with Crippen molar-refractivity contribution < 1.29 is 0 Å². The van der Waals surface area contributed by atoms with E-state index in [0.29, 0.717) is 0 Å². The normalized spacial score (nSPS) is 17.8. The van der Waals surface area contributed by atoms with Crippen molar-refractivity contribution in [3.05, 3.63) is 65.2 Å². The van der Waals surface area contributed by atoms with Crippen molar-refractivity contribution in [1.29, 1.82) is 0 Å². The van der Waals surface area contributed by atoms with Gasteiger partial charge in [0.15, 0.2) is 0 Å². The van der Waals surface area contributed by atoms with Gasteiger partial charge in [-0.15, -0.1) is 0 Å². The molecule has 1 aliphatic carbocycles. The van der Waals surface area contributed by atoms with Crippen LogP contribution in [0.15, 0.2) is 48.5 Å². The first-order valence-electron chi connectivity index (χ1n) is 7.21. The van der Waals surface area contributed by atoms with E-state index in [0.717, 1.165) is 12.5 Å². The third kappa shape index (κ3) is 2.81. The van der Waals surface area contributed by atoms with E-state index in [9.17, 15) is 0 Å². The monoisotopic (exact) mass is 251 g/mol. The predicted molar refractivity (Wildman–Crippen MR) is 81.4 cm³/mol. The Morgan fingerprint density at radius 1 is 1.05 bits per heavy atom. The molecule has 1 atom stereocenters.